The number of rotatable bonds is 10. The first-order valence-electron chi connectivity index (χ1n) is 12.0. The molecule has 0 bridgehead atoms. The Bertz CT molecular complexity index is 1480. The van der Waals surface area contributed by atoms with E-state index < -0.39 is 19.9 Å². The number of aryl methyl sites for hydroxylation is 1. The maximum atomic E-state index is 12.9. The molecule has 37 heavy (non-hydrogen) atoms. The SMILES string of the molecule is CCCCc1cc(NS(=O)(=O)c2ccc(Cl)cc2Cl)nnc1Sc1ccc(S(=O)(=O)C2CCCC2)cc1. The first kappa shape index (κ1) is 28.2. The number of nitrogens with zero attached hydrogens (tertiary/aromatic N) is 2. The smallest absolute Gasteiger partial charge is 0.262 e. The summed E-state index contributed by atoms with van der Waals surface area (Å²) in [4.78, 5) is 1.05. The highest BCUT2D eigenvalue weighted by molar-refractivity contribution is 7.99. The lowest BCUT2D eigenvalue weighted by Gasteiger charge is -2.13. The van der Waals surface area contributed by atoms with Gasteiger partial charge in [0.2, 0.25) is 0 Å². The van der Waals surface area contributed by atoms with E-state index in [0.717, 1.165) is 49.0 Å². The molecule has 0 aliphatic heterocycles. The fraction of sp³-hybridized carbons (Fsp3) is 0.360. The van der Waals surface area contributed by atoms with E-state index in [4.69, 9.17) is 23.2 Å². The second kappa shape index (κ2) is 11.9. The molecule has 1 aliphatic rings. The van der Waals surface area contributed by atoms with Crippen LogP contribution in [0.25, 0.3) is 0 Å². The van der Waals surface area contributed by atoms with Gasteiger partial charge in [-0.15, -0.1) is 10.2 Å². The van der Waals surface area contributed by atoms with Crippen LogP contribution in [0.15, 0.2) is 68.2 Å². The third-order valence-corrected chi connectivity index (χ3v) is 11.6. The molecule has 0 saturated heterocycles. The van der Waals surface area contributed by atoms with Crippen LogP contribution in [-0.4, -0.2) is 32.3 Å². The summed E-state index contributed by atoms with van der Waals surface area (Å²) in [5.74, 6) is 0.0828. The lowest BCUT2D eigenvalue weighted by atomic mass is 10.1. The standard InChI is InChI=1S/C25H27Cl2N3O4S3/c1-2-3-6-17-15-24(30-37(33,34)23-14-9-18(26)16-22(23)27)28-29-25(17)35-19-10-12-21(13-11-19)36(31,32)20-7-4-5-8-20/h9-16,20H,2-8H2,1H3,(H,28,30). The summed E-state index contributed by atoms with van der Waals surface area (Å²) in [6.45, 7) is 2.07. The Kier molecular flexibility index (Phi) is 9.06. The number of benzene rings is 2. The molecule has 1 N–H and O–H groups in total. The summed E-state index contributed by atoms with van der Waals surface area (Å²) in [6, 6.07) is 12.7. The topological polar surface area (TPSA) is 106 Å². The van der Waals surface area contributed by atoms with Crippen LogP contribution in [0.2, 0.25) is 10.0 Å². The number of halogens is 2. The Morgan fingerprint density at radius 3 is 2.32 bits per heavy atom. The van der Waals surface area contributed by atoms with E-state index in [1.54, 1.807) is 30.3 Å². The third-order valence-electron chi connectivity index (χ3n) is 6.16. The molecule has 3 aromatic rings. The van der Waals surface area contributed by atoms with Crippen LogP contribution in [0.1, 0.15) is 51.0 Å². The molecule has 1 saturated carbocycles. The molecule has 7 nitrogen and oxygen atoms in total. The first-order valence-corrected chi connectivity index (χ1v) is 16.6. The minimum Gasteiger partial charge on any atom is -0.262 e. The summed E-state index contributed by atoms with van der Waals surface area (Å²) in [5.41, 5.74) is 0.837. The Morgan fingerprint density at radius 1 is 0.973 bits per heavy atom. The second-order valence-electron chi connectivity index (χ2n) is 8.87. The van der Waals surface area contributed by atoms with Gasteiger partial charge in [0.05, 0.1) is 15.2 Å². The van der Waals surface area contributed by atoms with Crippen LogP contribution in [-0.2, 0) is 26.3 Å². The van der Waals surface area contributed by atoms with E-state index in [2.05, 4.69) is 21.8 Å². The minimum absolute atomic E-state index is 0.00438. The fourth-order valence-corrected chi connectivity index (χ4v) is 8.67. The third kappa shape index (κ3) is 6.78. The van der Waals surface area contributed by atoms with Crippen molar-refractivity contribution in [2.24, 2.45) is 0 Å². The number of nitrogens with one attached hydrogen (secondary N) is 1. The number of hydrogen-bond donors (Lipinski definition) is 1. The van der Waals surface area contributed by atoms with E-state index in [-0.39, 0.29) is 21.0 Å². The van der Waals surface area contributed by atoms with Crippen molar-refractivity contribution in [2.75, 3.05) is 4.72 Å². The first-order chi connectivity index (χ1) is 17.6. The number of sulfone groups is 1. The van der Waals surface area contributed by atoms with Crippen LogP contribution in [0.3, 0.4) is 0 Å². The van der Waals surface area contributed by atoms with Gasteiger partial charge in [0.1, 0.15) is 9.92 Å². The normalized spacial score (nSPS) is 14.7. The van der Waals surface area contributed by atoms with Crippen molar-refractivity contribution in [2.45, 2.75) is 76.8 Å². The predicted octanol–water partition coefficient (Wildman–Crippen LogP) is 6.79. The molecular weight excluding hydrogens is 573 g/mol. The van der Waals surface area contributed by atoms with Crippen molar-refractivity contribution in [3.63, 3.8) is 0 Å². The number of sulfonamides is 1. The number of aromatic nitrogens is 2. The molecule has 0 unspecified atom stereocenters. The molecule has 1 fully saturated rings. The molecule has 0 atom stereocenters. The molecule has 12 heteroatoms. The molecule has 2 aromatic carbocycles. The molecule has 1 aromatic heterocycles. The largest absolute Gasteiger partial charge is 0.264 e. The molecule has 1 aliphatic carbocycles. The van der Waals surface area contributed by atoms with E-state index in [1.165, 1.54) is 30.0 Å². The summed E-state index contributed by atoms with van der Waals surface area (Å²) in [6.07, 6.45) is 5.85. The Balaban J connectivity index is 1.55. The van der Waals surface area contributed by atoms with Crippen molar-refractivity contribution in [1.82, 2.24) is 10.2 Å². The summed E-state index contributed by atoms with van der Waals surface area (Å²) in [5, 5.41) is 9.04. The zero-order valence-corrected chi connectivity index (χ0v) is 24.1. The van der Waals surface area contributed by atoms with Gasteiger partial charge in [-0.05, 0) is 79.8 Å². The van der Waals surface area contributed by atoms with Gasteiger partial charge in [-0.1, -0.05) is 61.1 Å². The molecule has 0 radical (unpaired) electrons. The van der Waals surface area contributed by atoms with E-state index in [9.17, 15) is 16.8 Å². The van der Waals surface area contributed by atoms with E-state index in [0.29, 0.717) is 21.4 Å². The summed E-state index contributed by atoms with van der Waals surface area (Å²) in [7, 11) is -7.32. The molecular formula is C25H27Cl2N3O4S3. The van der Waals surface area contributed by atoms with Gasteiger partial charge >= 0.3 is 0 Å². The average molecular weight is 601 g/mol. The highest BCUT2D eigenvalue weighted by atomic mass is 35.5. The second-order valence-corrected chi connectivity index (χ2v) is 14.7. The summed E-state index contributed by atoms with van der Waals surface area (Å²) < 4.78 is 53.9. The monoisotopic (exact) mass is 599 g/mol. The van der Waals surface area contributed by atoms with Gasteiger partial charge in [0, 0.05) is 9.92 Å². The lowest BCUT2D eigenvalue weighted by molar-refractivity contribution is 0.579. The van der Waals surface area contributed by atoms with Crippen molar-refractivity contribution in [3.05, 3.63) is 64.1 Å². The lowest BCUT2D eigenvalue weighted by Crippen LogP contribution is -2.17. The van der Waals surface area contributed by atoms with Gasteiger partial charge in [-0.3, -0.25) is 4.72 Å². The van der Waals surface area contributed by atoms with Crippen LogP contribution in [0.4, 0.5) is 5.82 Å². The van der Waals surface area contributed by atoms with Crippen LogP contribution < -0.4 is 4.72 Å². The molecule has 198 valence electrons. The van der Waals surface area contributed by atoms with Gasteiger partial charge in [0.15, 0.2) is 15.7 Å². The van der Waals surface area contributed by atoms with Crippen molar-refractivity contribution >= 4 is 60.6 Å². The Morgan fingerprint density at radius 2 is 1.68 bits per heavy atom. The van der Waals surface area contributed by atoms with Crippen molar-refractivity contribution < 1.29 is 16.8 Å². The Labute approximate surface area is 232 Å². The molecule has 0 spiro atoms. The zero-order valence-electron chi connectivity index (χ0n) is 20.2. The van der Waals surface area contributed by atoms with Crippen LogP contribution >= 0.6 is 35.0 Å². The minimum atomic E-state index is -4.00. The van der Waals surface area contributed by atoms with Crippen molar-refractivity contribution in [3.8, 4) is 0 Å². The van der Waals surface area contributed by atoms with E-state index >= 15 is 0 Å². The number of hydrogen-bond acceptors (Lipinski definition) is 7. The zero-order chi connectivity index (χ0) is 26.6. The Hall–Kier alpha value is -1.85. The average Bonchev–Trinajstić information content (AvgIpc) is 3.40. The fourth-order valence-electron chi connectivity index (χ4n) is 4.19. The van der Waals surface area contributed by atoms with Crippen LogP contribution in [0.5, 0.6) is 0 Å². The molecule has 0 amide bonds. The number of anilines is 1. The van der Waals surface area contributed by atoms with Crippen molar-refractivity contribution in [1.29, 1.82) is 0 Å². The number of unbranched alkanes of at least 4 members (excludes halogenated alkanes) is 1. The highest BCUT2D eigenvalue weighted by Gasteiger charge is 2.30. The van der Waals surface area contributed by atoms with Gasteiger partial charge < -0.3 is 0 Å². The maximum absolute atomic E-state index is 12.9. The predicted molar refractivity (Wildman–Crippen MR) is 148 cm³/mol. The molecule has 4 rings (SSSR count). The quantitative estimate of drug-likeness (QED) is 0.273. The molecule has 1 heterocycles. The van der Waals surface area contributed by atoms with Crippen LogP contribution in [0, 0.1) is 0 Å². The summed E-state index contributed by atoms with van der Waals surface area (Å²) >= 11 is 13.3. The van der Waals surface area contributed by atoms with Gasteiger partial charge in [0.25, 0.3) is 10.0 Å². The van der Waals surface area contributed by atoms with Gasteiger partial charge in [-0.25, -0.2) is 16.8 Å². The maximum Gasteiger partial charge on any atom is 0.264 e. The van der Waals surface area contributed by atoms with Gasteiger partial charge in [-0.2, -0.15) is 0 Å². The van der Waals surface area contributed by atoms with E-state index in [1.807, 2.05) is 0 Å². The highest BCUT2D eigenvalue weighted by Crippen LogP contribution is 2.34.